The highest BCUT2D eigenvalue weighted by atomic mass is 15.2. The van der Waals surface area contributed by atoms with Gasteiger partial charge in [0.2, 0.25) is 0 Å². The Bertz CT molecular complexity index is 139. The van der Waals surface area contributed by atoms with Crippen LogP contribution in [0.4, 0.5) is 0 Å². The van der Waals surface area contributed by atoms with Crippen LogP contribution in [0.25, 0.3) is 0 Å². The largest absolute Gasteiger partial charge is 0.327 e. The first kappa shape index (κ1) is 11.0. The van der Waals surface area contributed by atoms with Gasteiger partial charge in [-0.3, -0.25) is 4.90 Å². The molecule has 78 valence electrons. The minimum Gasteiger partial charge on any atom is -0.327 e. The Kier molecular flexibility index (Phi) is 4.20. The monoisotopic (exact) mass is 184 g/mol. The zero-order valence-corrected chi connectivity index (χ0v) is 9.29. The van der Waals surface area contributed by atoms with Crippen molar-refractivity contribution in [3.05, 3.63) is 0 Å². The van der Waals surface area contributed by atoms with E-state index >= 15 is 0 Å². The molecule has 0 amide bonds. The fraction of sp³-hybridized carbons (Fsp3) is 1.00. The molecule has 2 nitrogen and oxygen atoms in total. The zero-order valence-electron chi connectivity index (χ0n) is 9.29. The predicted molar refractivity (Wildman–Crippen MR) is 57.7 cm³/mol. The number of rotatable bonds is 6. The van der Waals surface area contributed by atoms with Gasteiger partial charge in [0.25, 0.3) is 0 Å². The summed E-state index contributed by atoms with van der Waals surface area (Å²) < 4.78 is 0. The van der Waals surface area contributed by atoms with E-state index in [1.165, 1.54) is 25.8 Å². The van der Waals surface area contributed by atoms with E-state index < -0.39 is 0 Å². The molecule has 0 unspecified atom stereocenters. The predicted octanol–water partition coefficient (Wildman–Crippen LogP) is 1.84. The lowest BCUT2D eigenvalue weighted by Gasteiger charge is -2.24. The lowest BCUT2D eigenvalue weighted by molar-refractivity contribution is 0.237. The number of nitrogens with two attached hydrogens (primary N) is 1. The van der Waals surface area contributed by atoms with E-state index in [1.807, 2.05) is 0 Å². The van der Waals surface area contributed by atoms with Gasteiger partial charge in [0.15, 0.2) is 0 Å². The van der Waals surface area contributed by atoms with Gasteiger partial charge < -0.3 is 5.73 Å². The average Bonchev–Trinajstić information content (AvgIpc) is 2.78. The minimum absolute atomic E-state index is 0.327. The fourth-order valence-corrected chi connectivity index (χ4v) is 1.66. The molecule has 1 saturated carbocycles. The SMILES string of the molecule is CC(C)CCN(C[C@H](C)N)C1CC1. The summed E-state index contributed by atoms with van der Waals surface area (Å²) in [6, 6.07) is 1.19. The van der Waals surface area contributed by atoms with Crippen molar-refractivity contribution >= 4 is 0 Å². The smallest absolute Gasteiger partial charge is 0.0139 e. The van der Waals surface area contributed by atoms with Crippen LogP contribution in [0.1, 0.15) is 40.0 Å². The van der Waals surface area contributed by atoms with Gasteiger partial charge in [0.1, 0.15) is 0 Å². The molecule has 0 aliphatic heterocycles. The van der Waals surface area contributed by atoms with Crippen molar-refractivity contribution in [3.8, 4) is 0 Å². The molecule has 2 heteroatoms. The van der Waals surface area contributed by atoms with E-state index in [1.54, 1.807) is 0 Å². The number of nitrogens with zero attached hydrogens (tertiary/aromatic N) is 1. The van der Waals surface area contributed by atoms with Gasteiger partial charge in [-0.15, -0.1) is 0 Å². The third kappa shape index (κ3) is 4.63. The Labute approximate surface area is 82.5 Å². The summed E-state index contributed by atoms with van der Waals surface area (Å²) in [5.41, 5.74) is 5.82. The third-order valence-electron chi connectivity index (χ3n) is 2.58. The second kappa shape index (κ2) is 4.97. The van der Waals surface area contributed by atoms with E-state index in [0.29, 0.717) is 6.04 Å². The van der Waals surface area contributed by atoms with E-state index in [9.17, 15) is 0 Å². The Morgan fingerprint density at radius 3 is 2.31 bits per heavy atom. The Morgan fingerprint density at radius 1 is 1.31 bits per heavy atom. The molecule has 0 heterocycles. The van der Waals surface area contributed by atoms with Crippen molar-refractivity contribution in [2.45, 2.75) is 52.1 Å². The molecule has 0 aromatic heterocycles. The normalized spacial score (nSPS) is 19.8. The summed E-state index contributed by atoms with van der Waals surface area (Å²) >= 11 is 0. The summed E-state index contributed by atoms with van der Waals surface area (Å²) in [6.07, 6.45) is 4.10. The summed E-state index contributed by atoms with van der Waals surface area (Å²) in [6.45, 7) is 9.00. The zero-order chi connectivity index (χ0) is 9.84. The molecule has 1 aliphatic carbocycles. The highest BCUT2D eigenvalue weighted by molar-refractivity contribution is 4.85. The number of hydrogen-bond donors (Lipinski definition) is 1. The van der Waals surface area contributed by atoms with Crippen LogP contribution in [0.5, 0.6) is 0 Å². The maximum atomic E-state index is 5.82. The second-order valence-electron chi connectivity index (χ2n) is 4.89. The van der Waals surface area contributed by atoms with Crippen LogP contribution in [-0.2, 0) is 0 Å². The van der Waals surface area contributed by atoms with E-state index in [0.717, 1.165) is 18.5 Å². The molecular weight excluding hydrogens is 160 g/mol. The first-order valence-electron chi connectivity index (χ1n) is 5.59. The van der Waals surface area contributed by atoms with Gasteiger partial charge in [0.05, 0.1) is 0 Å². The van der Waals surface area contributed by atoms with Crippen molar-refractivity contribution in [1.82, 2.24) is 4.90 Å². The molecule has 0 aromatic rings. The Hall–Kier alpha value is -0.0800. The third-order valence-corrected chi connectivity index (χ3v) is 2.58. The maximum Gasteiger partial charge on any atom is 0.0139 e. The average molecular weight is 184 g/mol. The van der Waals surface area contributed by atoms with Gasteiger partial charge in [-0.2, -0.15) is 0 Å². The summed E-state index contributed by atoms with van der Waals surface area (Å²) in [5, 5.41) is 0. The van der Waals surface area contributed by atoms with E-state index in [2.05, 4.69) is 25.7 Å². The van der Waals surface area contributed by atoms with Gasteiger partial charge in [0, 0.05) is 18.6 Å². The molecule has 1 atom stereocenters. The first-order chi connectivity index (χ1) is 6.09. The van der Waals surface area contributed by atoms with Gasteiger partial charge >= 0.3 is 0 Å². The van der Waals surface area contributed by atoms with Crippen LogP contribution in [0, 0.1) is 5.92 Å². The Balaban J connectivity index is 2.21. The van der Waals surface area contributed by atoms with E-state index in [-0.39, 0.29) is 0 Å². The van der Waals surface area contributed by atoms with Crippen LogP contribution in [0.15, 0.2) is 0 Å². The van der Waals surface area contributed by atoms with Gasteiger partial charge in [-0.1, -0.05) is 13.8 Å². The Morgan fingerprint density at radius 2 is 1.92 bits per heavy atom. The fourth-order valence-electron chi connectivity index (χ4n) is 1.66. The van der Waals surface area contributed by atoms with Crippen molar-refractivity contribution in [3.63, 3.8) is 0 Å². The molecular formula is C11H24N2. The molecule has 0 bridgehead atoms. The van der Waals surface area contributed by atoms with Crippen molar-refractivity contribution in [1.29, 1.82) is 0 Å². The molecule has 1 aliphatic rings. The minimum atomic E-state index is 0.327. The topological polar surface area (TPSA) is 29.3 Å². The highest BCUT2D eigenvalue weighted by Gasteiger charge is 2.28. The van der Waals surface area contributed by atoms with Crippen LogP contribution < -0.4 is 5.73 Å². The molecule has 1 fully saturated rings. The summed E-state index contributed by atoms with van der Waals surface area (Å²) in [5.74, 6) is 0.814. The van der Waals surface area contributed by atoms with Crippen LogP contribution >= 0.6 is 0 Å². The van der Waals surface area contributed by atoms with Gasteiger partial charge in [-0.05, 0) is 38.6 Å². The molecule has 1 rings (SSSR count). The van der Waals surface area contributed by atoms with Crippen molar-refractivity contribution in [2.24, 2.45) is 11.7 Å². The lowest BCUT2D eigenvalue weighted by Crippen LogP contribution is -2.38. The molecule has 2 N–H and O–H groups in total. The molecule has 0 spiro atoms. The molecule has 0 aromatic carbocycles. The van der Waals surface area contributed by atoms with Crippen molar-refractivity contribution < 1.29 is 0 Å². The highest BCUT2D eigenvalue weighted by Crippen LogP contribution is 2.27. The lowest BCUT2D eigenvalue weighted by atomic mass is 10.1. The first-order valence-corrected chi connectivity index (χ1v) is 5.59. The van der Waals surface area contributed by atoms with Crippen LogP contribution in [0.3, 0.4) is 0 Å². The number of hydrogen-bond acceptors (Lipinski definition) is 2. The molecule has 0 radical (unpaired) electrons. The summed E-state index contributed by atoms with van der Waals surface area (Å²) in [4.78, 5) is 2.57. The van der Waals surface area contributed by atoms with E-state index in [4.69, 9.17) is 5.73 Å². The molecule has 0 saturated heterocycles. The second-order valence-corrected chi connectivity index (χ2v) is 4.89. The van der Waals surface area contributed by atoms with Crippen LogP contribution in [0.2, 0.25) is 0 Å². The standard InChI is InChI=1S/C11H24N2/c1-9(2)6-7-13(8-10(3)12)11-4-5-11/h9-11H,4-8,12H2,1-3H3/t10-/m0/s1. The van der Waals surface area contributed by atoms with Crippen LogP contribution in [-0.4, -0.2) is 30.1 Å². The van der Waals surface area contributed by atoms with Crippen molar-refractivity contribution in [2.75, 3.05) is 13.1 Å². The van der Waals surface area contributed by atoms with Gasteiger partial charge in [-0.25, -0.2) is 0 Å². The maximum absolute atomic E-state index is 5.82. The molecule has 13 heavy (non-hydrogen) atoms. The summed E-state index contributed by atoms with van der Waals surface area (Å²) in [7, 11) is 0. The quantitative estimate of drug-likeness (QED) is 0.682.